The Labute approximate surface area is 126 Å². The van der Waals surface area contributed by atoms with Crippen molar-refractivity contribution >= 4 is 24.0 Å². The van der Waals surface area contributed by atoms with Crippen LogP contribution in [-0.4, -0.2) is 25.6 Å². The predicted molar refractivity (Wildman–Crippen MR) is 83.7 cm³/mol. The molecule has 0 saturated carbocycles. The Balaban J connectivity index is 0.00000200. The summed E-state index contributed by atoms with van der Waals surface area (Å²) in [6.07, 6.45) is 1.98. The van der Waals surface area contributed by atoms with Crippen molar-refractivity contribution in [1.82, 2.24) is 5.32 Å². The Bertz CT molecular complexity index is 428. The SMILES string of the molecule is CCOc1ccc(NC(=O)C2(C)CCCNC2)cc1.Cl. The zero-order valence-electron chi connectivity index (χ0n) is 12.1. The molecule has 5 heteroatoms. The van der Waals surface area contributed by atoms with Crippen molar-refractivity contribution in [2.45, 2.75) is 26.7 Å². The molecule has 112 valence electrons. The van der Waals surface area contributed by atoms with Crippen molar-refractivity contribution in [3.63, 3.8) is 0 Å². The molecule has 0 aliphatic carbocycles. The lowest BCUT2D eigenvalue weighted by atomic mass is 9.82. The minimum Gasteiger partial charge on any atom is -0.494 e. The molecule has 1 unspecified atom stereocenters. The van der Waals surface area contributed by atoms with Crippen LogP contribution < -0.4 is 15.4 Å². The number of anilines is 1. The smallest absolute Gasteiger partial charge is 0.231 e. The highest BCUT2D eigenvalue weighted by Gasteiger charge is 2.34. The van der Waals surface area contributed by atoms with E-state index in [1.807, 2.05) is 38.1 Å². The van der Waals surface area contributed by atoms with Crippen LogP contribution in [0.2, 0.25) is 0 Å². The molecule has 1 atom stereocenters. The molecule has 20 heavy (non-hydrogen) atoms. The number of rotatable bonds is 4. The highest BCUT2D eigenvalue weighted by molar-refractivity contribution is 5.95. The Kier molecular flexibility index (Phi) is 6.30. The van der Waals surface area contributed by atoms with Gasteiger partial charge < -0.3 is 15.4 Å². The van der Waals surface area contributed by atoms with Gasteiger partial charge in [-0.25, -0.2) is 0 Å². The molecule has 0 radical (unpaired) electrons. The number of amides is 1. The number of hydrogen-bond donors (Lipinski definition) is 2. The van der Waals surface area contributed by atoms with Gasteiger partial charge in [0.25, 0.3) is 0 Å². The number of piperidine rings is 1. The summed E-state index contributed by atoms with van der Waals surface area (Å²) in [4.78, 5) is 12.3. The van der Waals surface area contributed by atoms with Crippen molar-refractivity contribution in [3.8, 4) is 5.75 Å². The summed E-state index contributed by atoms with van der Waals surface area (Å²) in [6, 6.07) is 7.51. The van der Waals surface area contributed by atoms with Crippen LogP contribution >= 0.6 is 12.4 Å². The number of benzene rings is 1. The summed E-state index contributed by atoms with van der Waals surface area (Å²) in [5.41, 5.74) is 0.511. The zero-order valence-corrected chi connectivity index (χ0v) is 12.9. The van der Waals surface area contributed by atoms with Crippen LogP contribution in [-0.2, 0) is 4.79 Å². The van der Waals surface area contributed by atoms with Gasteiger partial charge >= 0.3 is 0 Å². The van der Waals surface area contributed by atoms with E-state index in [-0.39, 0.29) is 23.7 Å². The molecule has 1 amide bonds. The van der Waals surface area contributed by atoms with E-state index in [1.165, 1.54) is 0 Å². The summed E-state index contributed by atoms with van der Waals surface area (Å²) in [5, 5.41) is 6.27. The third-order valence-corrected chi connectivity index (χ3v) is 3.57. The molecule has 0 bridgehead atoms. The number of carbonyl (C=O) groups excluding carboxylic acids is 1. The number of nitrogens with one attached hydrogen (secondary N) is 2. The molecule has 1 aromatic carbocycles. The number of halogens is 1. The Morgan fingerprint density at radius 1 is 1.40 bits per heavy atom. The van der Waals surface area contributed by atoms with Crippen LogP contribution in [0.15, 0.2) is 24.3 Å². The zero-order chi connectivity index (χ0) is 13.7. The van der Waals surface area contributed by atoms with E-state index in [2.05, 4.69) is 10.6 Å². The van der Waals surface area contributed by atoms with Crippen LogP contribution in [0.5, 0.6) is 5.75 Å². The third kappa shape index (κ3) is 4.12. The molecule has 1 aromatic rings. The Morgan fingerprint density at radius 3 is 2.65 bits per heavy atom. The number of hydrogen-bond acceptors (Lipinski definition) is 3. The second-order valence-corrected chi connectivity index (χ2v) is 5.25. The van der Waals surface area contributed by atoms with Crippen molar-refractivity contribution in [2.75, 3.05) is 25.0 Å². The molecular weight excluding hydrogens is 276 g/mol. The largest absolute Gasteiger partial charge is 0.494 e. The minimum absolute atomic E-state index is 0. The maximum absolute atomic E-state index is 12.3. The lowest BCUT2D eigenvalue weighted by molar-refractivity contribution is -0.125. The molecule has 0 spiro atoms. The Morgan fingerprint density at radius 2 is 2.10 bits per heavy atom. The lowest BCUT2D eigenvalue weighted by Crippen LogP contribution is -2.46. The summed E-state index contributed by atoms with van der Waals surface area (Å²) in [7, 11) is 0. The summed E-state index contributed by atoms with van der Waals surface area (Å²) >= 11 is 0. The topological polar surface area (TPSA) is 50.4 Å². The van der Waals surface area contributed by atoms with Crippen LogP contribution in [0.4, 0.5) is 5.69 Å². The van der Waals surface area contributed by atoms with Crippen LogP contribution in [0, 0.1) is 5.41 Å². The molecular formula is C15H23ClN2O2. The standard InChI is InChI=1S/C15H22N2O2.ClH/c1-3-19-13-7-5-12(6-8-13)17-14(18)15(2)9-4-10-16-11-15;/h5-8,16H,3-4,9-11H2,1-2H3,(H,17,18);1H. The molecule has 1 fully saturated rings. The van der Waals surface area contributed by atoms with Crippen LogP contribution in [0.1, 0.15) is 26.7 Å². The van der Waals surface area contributed by atoms with Gasteiger partial charge in [0.15, 0.2) is 0 Å². The number of carbonyl (C=O) groups is 1. The number of ether oxygens (including phenoxy) is 1. The van der Waals surface area contributed by atoms with E-state index >= 15 is 0 Å². The summed E-state index contributed by atoms with van der Waals surface area (Å²) in [5.74, 6) is 0.912. The quantitative estimate of drug-likeness (QED) is 0.899. The highest BCUT2D eigenvalue weighted by atomic mass is 35.5. The van der Waals surface area contributed by atoms with Gasteiger partial charge in [-0.15, -0.1) is 12.4 Å². The first-order valence-electron chi connectivity index (χ1n) is 6.89. The summed E-state index contributed by atoms with van der Waals surface area (Å²) < 4.78 is 5.38. The second kappa shape index (κ2) is 7.50. The average Bonchev–Trinajstić information content (AvgIpc) is 2.42. The van der Waals surface area contributed by atoms with Gasteiger partial charge in [-0.3, -0.25) is 4.79 Å². The van der Waals surface area contributed by atoms with Crippen molar-refractivity contribution < 1.29 is 9.53 Å². The first-order chi connectivity index (χ1) is 9.14. The normalized spacial score (nSPS) is 21.7. The van der Waals surface area contributed by atoms with Crippen LogP contribution in [0.3, 0.4) is 0 Å². The molecule has 0 aromatic heterocycles. The van der Waals surface area contributed by atoms with Crippen molar-refractivity contribution in [3.05, 3.63) is 24.3 Å². The molecule has 1 saturated heterocycles. The fraction of sp³-hybridized carbons (Fsp3) is 0.533. The molecule has 2 N–H and O–H groups in total. The van der Waals surface area contributed by atoms with Crippen molar-refractivity contribution in [1.29, 1.82) is 0 Å². The lowest BCUT2D eigenvalue weighted by Gasteiger charge is -2.32. The van der Waals surface area contributed by atoms with E-state index in [0.717, 1.165) is 37.4 Å². The monoisotopic (exact) mass is 298 g/mol. The predicted octanol–water partition coefficient (Wildman–Crippen LogP) is 2.84. The second-order valence-electron chi connectivity index (χ2n) is 5.25. The van der Waals surface area contributed by atoms with Crippen LogP contribution in [0.25, 0.3) is 0 Å². The van der Waals surface area contributed by atoms with Gasteiger partial charge in [0, 0.05) is 12.2 Å². The van der Waals surface area contributed by atoms with Gasteiger partial charge in [0.05, 0.1) is 12.0 Å². The van der Waals surface area contributed by atoms with E-state index in [4.69, 9.17) is 4.74 Å². The van der Waals surface area contributed by atoms with Gasteiger partial charge in [-0.05, 0) is 57.5 Å². The maximum atomic E-state index is 12.3. The van der Waals surface area contributed by atoms with Gasteiger partial charge in [0.2, 0.25) is 5.91 Å². The van der Waals surface area contributed by atoms with E-state index in [9.17, 15) is 4.79 Å². The first kappa shape index (κ1) is 16.8. The Hall–Kier alpha value is -1.26. The first-order valence-corrected chi connectivity index (χ1v) is 6.89. The molecule has 1 aliphatic rings. The van der Waals surface area contributed by atoms with E-state index in [0.29, 0.717) is 6.61 Å². The van der Waals surface area contributed by atoms with Crippen molar-refractivity contribution in [2.24, 2.45) is 5.41 Å². The van der Waals surface area contributed by atoms with Gasteiger partial charge in [-0.1, -0.05) is 0 Å². The fourth-order valence-corrected chi connectivity index (χ4v) is 2.33. The molecule has 1 heterocycles. The highest BCUT2D eigenvalue weighted by Crippen LogP contribution is 2.27. The minimum atomic E-state index is -0.309. The fourth-order valence-electron chi connectivity index (χ4n) is 2.33. The maximum Gasteiger partial charge on any atom is 0.231 e. The van der Waals surface area contributed by atoms with Gasteiger partial charge in [-0.2, -0.15) is 0 Å². The molecule has 4 nitrogen and oxygen atoms in total. The van der Waals surface area contributed by atoms with Gasteiger partial charge in [0.1, 0.15) is 5.75 Å². The molecule has 2 rings (SSSR count). The van der Waals surface area contributed by atoms with E-state index in [1.54, 1.807) is 0 Å². The summed E-state index contributed by atoms with van der Waals surface area (Å²) in [6.45, 7) is 6.37. The van der Waals surface area contributed by atoms with E-state index < -0.39 is 0 Å². The third-order valence-electron chi connectivity index (χ3n) is 3.57. The molecule has 1 aliphatic heterocycles. The average molecular weight is 299 g/mol.